The molecule has 0 fully saturated rings. The van der Waals surface area contributed by atoms with Crippen LogP contribution in [0.5, 0.6) is 0 Å². The number of nitrogens with zero attached hydrogens (tertiary/aromatic N) is 4. The minimum absolute atomic E-state index is 0.557. The molecule has 0 aliphatic rings. The lowest BCUT2D eigenvalue weighted by molar-refractivity contribution is 1.09. The molecule has 6 nitrogen and oxygen atoms in total. The Balaban J connectivity index is 2.16. The monoisotopic (exact) mass is 282 g/mol. The standard InChI is InChI=1S/C15H18N6/c1-9-5-6-11(10(2)7-9)21(4)14-12-13(18-8-17-12)19-15(16-3)20-14/h5-8H,1-4H3,(H2,16,17,18,19,20). The van der Waals surface area contributed by atoms with Crippen LogP contribution in [0, 0.1) is 13.8 Å². The summed E-state index contributed by atoms with van der Waals surface area (Å²) >= 11 is 0. The van der Waals surface area contributed by atoms with Gasteiger partial charge in [0.15, 0.2) is 11.5 Å². The van der Waals surface area contributed by atoms with Crippen LogP contribution in [0.15, 0.2) is 24.5 Å². The average Bonchev–Trinajstić information content (AvgIpc) is 2.93. The van der Waals surface area contributed by atoms with E-state index in [-0.39, 0.29) is 0 Å². The van der Waals surface area contributed by atoms with Gasteiger partial charge in [0.1, 0.15) is 5.52 Å². The molecule has 2 heterocycles. The fourth-order valence-corrected chi connectivity index (χ4v) is 2.47. The van der Waals surface area contributed by atoms with Gasteiger partial charge in [-0.3, -0.25) is 0 Å². The molecule has 3 aromatic rings. The van der Waals surface area contributed by atoms with E-state index in [4.69, 9.17) is 0 Å². The van der Waals surface area contributed by atoms with E-state index < -0.39 is 0 Å². The number of imidazole rings is 1. The first kappa shape index (κ1) is 13.4. The second-order valence-corrected chi connectivity index (χ2v) is 5.07. The predicted molar refractivity (Wildman–Crippen MR) is 85.2 cm³/mol. The van der Waals surface area contributed by atoms with Gasteiger partial charge in [0.2, 0.25) is 5.95 Å². The molecule has 0 atom stereocenters. The van der Waals surface area contributed by atoms with Crippen molar-refractivity contribution in [2.24, 2.45) is 0 Å². The third kappa shape index (κ3) is 2.29. The van der Waals surface area contributed by atoms with Crippen LogP contribution in [0.2, 0.25) is 0 Å². The van der Waals surface area contributed by atoms with Gasteiger partial charge in [0.25, 0.3) is 0 Å². The molecule has 108 valence electrons. The number of aromatic amines is 1. The number of H-pyrrole nitrogens is 1. The summed E-state index contributed by atoms with van der Waals surface area (Å²) in [4.78, 5) is 18.3. The summed E-state index contributed by atoms with van der Waals surface area (Å²) in [7, 11) is 3.80. The number of benzene rings is 1. The lowest BCUT2D eigenvalue weighted by atomic mass is 10.1. The zero-order chi connectivity index (χ0) is 15.0. The number of fused-ring (bicyclic) bond motifs is 1. The van der Waals surface area contributed by atoms with E-state index >= 15 is 0 Å². The maximum absolute atomic E-state index is 4.56. The summed E-state index contributed by atoms with van der Waals surface area (Å²) in [5.41, 5.74) is 5.04. The molecule has 21 heavy (non-hydrogen) atoms. The Bertz CT molecular complexity index is 792. The molecule has 0 unspecified atom stereocenters. The van der Waals surface area contributed by atoms with Gasteiger partial charge in [-0.05, 0) is 25.5 Å². The molecule has 0 radical (unpaired) electrons. The van der Waals surface area contributed by atoms with Crippen molar-refractivity contribution in [3.63, 3.8) is 0 Å². The van der Waals surface area contributed by atoms with Gasteiger partial charge in [-0.2, -0.15) is 9.97 Å². The molecule has 0 saturated carbocycles. The molecule has 0 saturated heterocycles. The number of hydrogen-bond acceptors (Lipinski definition) is 5. The van der Waals surface area contributed by atoms with Gasteiger partial charge >= 0.3 is 0 Å². The van der Waals surface area contributed by atoms with Crippen LogP contribution in [-0.4, -0.2) is 34.0 Å². The van der Waals surface area contributed by atoms with E-state index in [9.17, 15) is 0 Å². The quantitative estimate of drug-likeness (QED) is 0.773. The van der Waals surface area contributed by atoms with Crippen molar-refractivity contribution in [3.05, 3.63) is 35.7 Å². The van der Waals surface area contributed by atoms with Gasteiger partial charge in [-0.1, -0.05) is 17.7 Å². The third-order valence-corrected chi connectivity index (χ3v) is 3.52. The molecule has 1 aromatic carbocycles. The molecule has 0 aliphatic carbocycles. The lowest BCUT2D eigenvalue weighted by Crippen LogP contribution is -2.14. The Labute approximate surface area is 123 Å². The van der Waals surface area contributed by atoms with Crippen molar-refractivity contribution < 1.29 is 0 Å². The fourth-order valence-electron chi connectivity index (χ4n) is 2.47. The first-order valence-electron chi connectivity index (χ1n) is 6.80. The summed E-state index contributed by atoms with van der Waals surface area (Å²) in [6.45, 7) is 4.19. The second kappa shape index (κ2) is 5.05. The molecule has 2 aromatic heterocycles. The van der Waals surface area contributed by atoms with Crippen molar-refractivity contribution in [2.75, 3.05) is 24.3 Å². The number of rotatable bonds is 3. The summed E-state index contributed by atoms with van der Waals surface area (Å²) < 4.78 is 0. The van der Waals surface area contributed by atoms with Gasteiger partial charge in [-0.25, -0.2) is 4.98 Å². The average molecular weight is 282 g/mol. The van der Waals surface area contributed by atoms with E-state index in [1.165, 1.54) is 11.1 Å². The van der Waals surface area contributed by atoms with Crippen LogP contribution >= 0.6 is 0 Å². The maximum atomic E-state index is 4.56. The number of aryl methyl sites for hydroxylation is 2. The molecule has 6 heteroatoms. The minimum Gasteiger partial charge on any atom is -0.357 e. The van der Waals surface area contributed by atoms with Crippen LogP contribution in [0.3, 0.4) is 0 Å². The van der Waals surface area contributed by atoms with E-state index in [0.29, 0.717) is 11.6 Å². The molecular formula is C15H18N6. The Morgan fingerprint density at radius 1 is 1.19 bits per heavy atom. The summed E-state index contributed by atoms with van der Waals surface area (Å²) in [6, 6.07) is 6.37. The van der Waals surface area contributed by atoms with Crippen LogP contribution in [0.1, 0.15) is 11.1 Å². The number of anilines is 3. The Hall–Kier alpha value is -2.63. The molecule has 0 amide bonds. The SMILES string of the molecule is CNc1nc(N(C)c2ccc(C)cc2C)c2[nH]cnc2n1. The number of aromatic nitrogens is 4. The lowest BCUT2D eigenvalue weighted by Gasteiger charge is -2.21. The first-order chi connectivity index (χ1) is 10.1. The largest absolute Gasteiger partial charge is 0.357 e. The number of hydrogen-bond donors (Lipinski definition) is 2. The van der Waals surface area contributed by atoms with Gasteiger partial charge in [-0.15, -0.1) is 0 Å². The Morgan fingerprint density at radius 2 is 2.00 bits per heavy atom. The second-order valence-electron chi connectivity index (χ2n) is 5.07. The van der Waals surface area contributed by atoms with E-state index in [1.54, 1.807) is 13.4 Å². The topological polar surface area (TPSA) is 69.7 Å². The molecule has 0 bridgehead atoms. The normalized spacial score (nSPS) is 10.9. The molecule has 0 aliphatic heterocycles. The van der Waals surface area contributed by atoms with Crippen molar-refractivity contribution in [1.29, 1.82) is 0 Å². The van der Waals surface area contributed by atoms with Gasteiger partial charge < -0.3 is 15.2 Å². The van der Waals surface area contributed by atoms with Gasteiger partial charge in [0.05, 0.1) is 6.33 Å². The zero-order valence-corrected chi connectivity index (χ0v) is 12.6. The third-order valence-electron chi connectivity index (χ3n) is 3.52. The van der Waals surface area contributed by atoms with Crippen LogP contribution in [0.4, 0.5) is 17.5 Å². The van der Waals surface area contributed by atoms with Crippen molar-refractivity contribution in [2.45, 2.75) is 13.8 Å². The predicted octanol–water partition coefficient (Wildman–Crippen LogP) is 2.78. The Morgan fingerprint density at radius 3 is 2.71 bits per heavy atom. The Kier molecular flexibility index (Phi) is 3.21. The van der Waals surface area contributed by atoms with Crippen LogP contribution < -0.4 is 10.2 Å². The molecule has 2 N–H and O–H groups in total. The summed E-state index contributed by atoms with van der Waals surface area (Å²) in [5.74, 6) is 1.36. The van der Waals surface area contributed by atoms with Gasteiger partial charge in [0, 0.05) is 19.8 Å². The molecule has 3 rings (SSSR count). The first-order valence-corrected chi connectivity index (χ1v) is 6.80. The van der Waals surface area contributed by atoms with Crippen LogP contribution in [-0.2, 0) is 0 Å². The van der Waals surface area contributed by atoms with Crippen molar-refractivity contribution in [1.82, 2.24) is 19.9 Å². The van der Waals surface area contributed by atoms with Crippen LogP contribution in [0.25, 0.3) is 11.2 Å². The number of nitrogens with one attached hydrogen (secondary N) is 2. The highest BCUT2D eigenvalue weighted by Gasteiger charge is 2.15. The van der Waals surface area contributed by atoms with Crippen molar-refractivity contribution in [3.8, 4) is 0 Å². The maximum Gasteiger partial charge on any atom is 0.226 e. The molecule has 0 spiro atoms. The zero-order valence-electron chi connectivity index (χ0n) is 12.6. The van der Waals surface area contributed by atoms with E-state index in [2.05, 4.69) is 62.2 Å². The van der Waals surface area contributed by atoms with E-state index in [1.807, 2.05) is 7.05 Å². The highest BCUT2D eigenvalue weighted by molar-refractivity contribution is 5.87. The molecular weight excluding hydrogens is 264 g/mol. The van der Waals surface area contributed by atoms with Crippen molar-refractivity contribution >= 4 is 28.6 Å². The highest BCUT2D eigenvalue weighted by Crippen LogP contribution is 2.30. The highest BCUT2D eigenvalue weighted by atomic mass is 15.2. The fraction of sp³-hybridized carbons (Fsp3) is 0.267. The van der Waals surface area contributed by atoms with E-state index in [0.717, 1.165) is 17.0 Å². The summed E-state index contributed by atoms with van der Waals surface area (Å²) in [6.07, 6.45) is 1.64. The smallest absolute Gasteiger partial charge is 0.226 e. The summed E-state index contributed by atoms with van der Waals surface area (Å²) in [5, 5.41) is 2.98. The minimum atomic E-state index is 0.557.